The van der Waals surface area contributed by atoms with Gasteiger partial charge in [-0.05, 0) is 6.42 Å². The average Bonchev–Trinajstić information content (AvgIpc) is 1.88. The highest BCUT2D eigenvalue weighted by Crippen LogP contribution is 2.51. The van der Waals surface area contributed by atoms with Crippen LogP contribution in [0, 0.1) is 18.3 Å². The molecule has 1 saturated heterocycles. The van der Waals surface area contributed by atoms with E-state index in [1.54, 1.807) is 11.4 Å². The Labute approximate surface area is 60.8 Å². The summed E-state index contributed by atoms with van der Waals surface area (Å²) in [5.41, 5.74) is 0. The Kier molecular flexibility index (Phi) is 2.85. The van der Waals surface area contributed by atoms with Crippen LogP contribution in [0.2, 0.25) is 0 Å². The summed E-state index contributed by atoms with van der Waals surface area (Å²) in [7, 11) is -0.763. The highest BCUT2D eigenvalue weighted by atomic mass is 32.7. The van der Waals surface area contributed by atoms with Crippen molar-refractivity contribution in [2.45, 2.75) is 6.42 Å². The van der Waals surface area contributed by atoms with E-state index in [4.69, 9.17) is 11.3 Å². The van der Waals surface area contributed by atoms with Crippen molar-refractivity contribution in [3.63, 3.8) is 0 Å². The molecule has 0 aromatic carbocycles. The van der Waals surface area contributed by atoms with Gasteiger partial charge < -0.3 is 4.89 Å². The zero-order valence-electron chi connectivity index (χ0n) is 5.08. The van der Waals surface area contributed by atoms with E-state index in [0.717, 1.165) is 18.3 Å². The summed E-state index contributed by atoms with van der Waals surface area (Å²) in [5.74, 6) is 4.07. The van der Waals surface area contributed by atoms with E-state index in [1.807, 2.05) is 0 Å². The van der Waals surface area contributed by atoms with E-state index in [1.165, 1.54) is 0 Å². The summed E-state index contributed by atoms with van der Waals surface area (Å²) in [4.78, 5) is 9.14. The average molecular weight is 160 g/mol. The minimum absolute atomic E-state index is 0.349. The van der Waals surface area contributed by atoms with Gasteiger partial charge in [-0.1, -0.05) is 0 Å². The maximum atomic E-state index is 9.14. The van der Waals surface area contributed by atoms with Crippen molar-refractivity contribution in [3.05, 3.63) is 0 Å². The summed E-state index contributed by atoms with van der Waals surface area (Å²) in [6.45, 7) is 0. The largest absolute Gasteiger partial charge is 0.363 e. The third kappa shape index (κ3) is 2.18. The Balaban J connectivity index is 2.34. The van der Waals surface area contributed by atoms with Crippen LogP contribution in [0.4, 0.5) is 0 Å². The number of hydrogen-bond donors (Lipinski definition) is 1. The molecule has 2 atom stereocenters. The fourth-order valence-corrected chi connectivity index (χ4v) is 3.94. The molecule has 0 bridgehead atoms. The molecule has 1 fully saturated rings. The van der Waals surface area contributed by atoms with Crippen LogP contribution < -0.4 is 0 Å². The van der Waals surface area contributed by atoms with E-state index in [9.17, 15) is 0 Å². The first kappa shape index (κ1) is 7.41. The van der Waals surface area contributed by atoms with Crippen LogP contribution in [0.3, 0.4) is 0 Å². The zero-order chi connectivity index (χ0) is 6.69. The molecule has 1 aliphatic heterocycles. The lowest BCUT2D eigenvalue weighted by Crippen LogP contribution is -2.07. The van der Waals surface area contributed by atoms with Crippen molar-refractivity contribution >= 4 is 18.7 Å². The predicted octanol–water partition coefficient (Wildman–Crippen LogP) is 1.68. The van der Waals surface area contributed by atoms with E-state index in [0.29, 0.717) is 5.92 Å². The fourth-order valence-electron chi connectivity index (χ4n) is 0.769. The molecule has 1 nitrogen and oxygen atoms in total. The highest BCUT2D eigenvalue weighted by molar-refractivity contribution is 8.54. The normalized spacial score (nSPS) is 35.6. The van der Waals surface area contributed by atoms with Crippen LogP contribution in [-0.2, 0) is 0 Å². The van der Waals surface area contributed by atoms with Gasteiger partial charge in [-0.2, -0.15) is 0 Å². The first-order valence-corrected chi connectivity index (χ1v) is 5.95. The molecular formula is C6H9OPS. The SMILES string of the molecule is C#CC1CCSP(O)C1. The van der Waals surface area contributed by atoms with Crippen molar-refractivity contribution < 1.29 is 4.89 Å². The first-order chi connectivity index (χ1) is 4.33. The van der Waals surface area contributed by atoms with Crippen molar-refractivity contribution in [1.82, 2.24) is 0 Å². The van der Waals surface area contributed by atoms with Gasteiger partial charge in [0.15, 0.2) is 0 Å². The van der Waals surface area contributed by atoms with Crippen molar-refractivity contribution in [3.8, 4) is 12.3 Å². The number of rotatable bonds is 0. The lowest BCUT2D eigenvalue weighted by atomic mass is 10.1. The standard InChI is InChI=1S/C6H9OPS/c1-2-6-3-4-9-8(7)5-6/h1,6-7H,3-5H2. The van der Waals surface area contributed by atoms with Gasteiger partial charge in [0.05, 0.1) is 7.35 Å². The third-order valence-corrected chi connectivity index (χ3v) is 4.68. The lowest BCUT2D eigenvalue weighted by molar-refractivity contribution is 0.616. The van der Waals surface area contributed by atoms with Crippen LogP contribution in [0.25, 0.3) is 0 Å². The van der Waals surface area contributed by atoms with Crippen LogP contribution >= 0.6 is 18.7 Å². The van der Waals surface area contributed by atoms with Gasteiger partial charge >= 0.3 is 0 Å². The fraction of sp³-hybridized carbons (Fsp3) is 0.667. The molecule has 1 N–H and O–H groups in total. The lowest BCUT2D eigenvalue weighted by Gasteiger charge is -2.20. The van der Waals surface area contributed by atoms with Gasteiger partial charge in [-0.15, -0.1) is 23.7 Å². The first-order valence-electron chi connectivity index (χ1n) is 2.88. The molecule has 0 aromatic rings. The van der Waals surface area contributed by atoms with Crippen LogP contribution in [0.15, 0.2) is 0 Å². The quantitative estimate of drug-likeness (QED) is 0.429. The van der Waals surface area contributed by atoms with Gasteiger partial charge in [0.25, 0.3) is 0 Å². The Morgan fingerprint density at radius 2 is 2.56 bits per heavy atom. The Morgan fingerprint density at radius 3 is 3.00 bits per heavy atom. The molecule has 9 heavy (non-hydrogen) atoms. The maximum Gasteiger partial charge on any atom is 0.0860 e. The van der Waals surface area contributed by atoms with Crippen LogP contribution in [-0.4, -0.2) is 16.8 Å². The molecule has 1 aliphatic rings. The molecule has 1 heterocycles. The molecular weight excluding hydrogens is 151 g/mol. The highest BCUT2D eigenvalue weighted by Gasteiger charge is 2.18. The molecule has 0 aliphatic carbocycles. The molecule has 0 amide bonds. The van der Waals surface area contributed by atoms with E-state index in [2.05, 4.69) is 5.92 Å². The van der Waals surface area contributed by atoms with Gasteiger partial charge in [-0.25, -0.2) is 0 Å². The third-order valence-electron chi connectivity index (χ3n) is 1.32. The smallest absolute Gasteiger partial charge is 0.0860 e. The van der Waals surface area contributed by atoms with Crippen molar-refractivity contribution in [1.29, 1.82) is 0 Å². The molecule has 50 valence electrons. The molecule has 0 radical (unpaired) electrons. The predicted molar refractivity (Wildman–Crippen MR) is 43.4 cm³/mol. The van der Waals surface area contributed by atoms with E-state index in [-0.39, 0.29) is 0 Å². The number of hydrogen-bond acceptors (Lipinski definition) is 2. The van der Waals surface area contributed by atoms with E-state index < -0.39 is 7.35 Å². The molecule has 0 spiro atoms. The summed E-state index contributed by atoms with van der Waals surface area (Å²) in [6, 6.07) is 0. The summed E-state index contributed by atoms with van der Waals surface area (Å²) < 4.78 is 0. The van der Waals surface area contributed by atoms with Gasteiger partial charge in [0, 0.05) is 17.8 Å². The Bertz CT molecular complexity index is 132. The summed E-state index contributed by atoms with van der Waals surface area (Å²) >= 11 is 1.66. The zero-order valence-corrected chi connectivity index (χ0v) is 6.79. The Morgan fingerprint density at radius 1 is 1.78 bits per heavy atom. The molecule has 3 heteroatoms. The van der Waals surface area contributed by atoms with Crippen molar-refractivity contribution in [2.75, 3.05) is 11.9 Å². The second kappa shape index (κ2) is 3.46. The Hall–Kier alpha value is 0.300. The van der Waals surface area contributed by atoms with Gasteiger partial charge in [0.2, 0.25) is 0 Å². The van der Waals surface area contributed by atoms with E-state index >= 15 is 0 Å². The van der Waals surface area contributed by atoms with Gasteiger partial charge in [-0.3, -0.25) is 0 Å². The summed E-state index contributed by atoms with van der Waals surface area (Å²) in [5, 5.41) is 0. The second-order valence-corrected chi connectivity index (χ2v) is 5.80. The van der Waals surface area contributed by atoms with Crippen LogP contribution in [0.5, 0.6) is 0 Å². The van der Waals surface area contributed by atoms with Crippen molar-refractivity contribution in [2.24, 2.45) is 5.92 Å². The molecule has 0 aromatic heterocycles. The van der Waals surface area contributed by atoms with Crippen LogP contribution in [0.1, 0.15) is 6.42 Å². The minimum Gasteiger partial charge on any atom is -0.363 e. The summed E-state index contributed by atoms with van der Waals surface area (Å²) in [6.07, 6.45) is 7.13. The second-order valence-electron chi connectivity index (χ2n) is 2.02. The number of terminal acetylenes is 1. The minimum atomic E-state index is -0.763. The maximum absolute atomic E-state index is 9.14. The monoisotopic (exact) mass is 160 g/mol. The molecule has 0 saturated carbocycles. The topological polar surface area (TPSA) is 20.2 Å². The molecule has 1 rings (SSSR count). The molecule has 2 unspecified atom stereocenters. The van der Waals surface area contributed by atoms with Gasteiger partial charge in [0.1, 0.15) is 0 Å².